The number of ether oxygens (including phenoxy) is 1. The molecule has 2 atom stereocenters. The lowest BCUT2D eigenvalue weighted by Gasteiger charge is -2.34. The molecule has 0 aliphatic carbocycles. The first-order chi connectivity index (χ1) is 7.56. The van der Waals surface area contributed by atoms with Crippen LogP contribution in [0.1, 0.15) is 33.6 Å². The molecule has 1 fully saturated rings. The van der Waals surface area contributed by atoms with Crippen LogP contribution >= 0.6 is 0 Å². The summed E-state index contributed by atoms with van der Waals surface area (Å²) in [5.41, 5.74) is 5.75. The highest BCUT2D eigenvalue weighted by atomic mass is 16.5. The van der Waals surface area contributed by atoms with Gasteiger partial charge < -0.3 is 15.4 Å². The highest BCUT2D eigenvalue weighted by Gasteiger charge is 2.27. The molecule has 1 aliphatic heterocycles. The Morgan fingerprint density at radius 2 is 2.00 bits per heavy atom. The van der Waals surface area contributed by atoms with Gasteiger partial charge in [-0.15, -0.1) is 0 Å². The summed E-state index contributed by atoms with van der Waals surface area (Å²) < 4.78 is 5.56. The van der Waals surface area contributed by atoms with Crippen molar-refractivity contribution in [1.29, 1.82) is 0 Å². The average Bonchev–Trinajstić information content (AvgIpc) is 2.28. The van der Waals surface area contributed by atoms with Crippen molar-refractivity contribution in [3.8, 4) is 0 Å². The molecule has 0 aromatic rings. The van der Waals surface area contributed by atoms with Crippen LogP contribution in [0.25, 0.3) is 0 Å². The van der Waals surface area contributed by atoms with Gasteiger partial charge in [0.2, 0.25) is 5.91 Å². The zero-order chi connectivity index (χ0) is 12.1. The van der Waals surface area contributed by atoms with Crippen LogP contribution in [0.15, 0.2) is 0 Å². The molecule has 1 saturated heterocycles. The number of piperidine rings is 1. The molecule has 94 valence electrons. The second-order valence-corrected chi connectivity index (χ2v) is 4.63. The summed E-state index contributed by atoms with van der Waals surface area (Å²) >= 11 is 0. The number of rotatable bonds is 4. The molecular weight excluding hydrogens is 204 g/mol. The summed E-state index contributed by atoms with van der Waals surface area (Å²) in [5.74, 6) is 0.105. The first-order valence-electron chi connectivity index (χ1n) is 6.22. The number of likely N-dealkylation sites (tertiary alicyclic amines) is 1. The minimum atomic E-state index is -0.0800. The van der Waals surface area contributed by atoms with Crippen molar-refractivity contribution >= 4 is 5.91 Å². The predicted octanol–water partition coefficient (Wildman–Crippen LogP) is 0.997. The molecule has 4 nitrogen and oxygen atoms in total. The second-order valence-electron chi connectivity index (χ2n) is 4.63. The van der Waals surface area contributed by atoms with Crippen molar-refractivity contribution < 1.29 is 9.53 Å². The third kappa shape index (κ3) is 3.46. The zero-order valence-corrected chi connectivity index (χ0v) is 10.6. The van der Waals surface area contributed by atoms with Crippen LogP contribution < -0.4 is 5.73 Å². The highest BCUT2D eigenvalue weighted by molar-refractivity contribution is 5.79. The van der Waals surface area contributed by atoms with Crippen LogP contribution in [0.5, 0.6) is 0 Å². The van der Waals surface area contributed by atoms with E-state index >= 15 is 0 Å². The molecule has 0 bridgehead atoms. The van der Waals surface area contributed by atoms with Gasteiger partial charge in [-0.2, -0.15) is 0 Å². The molecule has 1 rings (SSSR count). The number of hydrogen-bond acceptors (Lipinski definition) is 3. The number of hydrogen-bond donors (Lipinski definition) is 1. The maximum Gasteiger partial charge on any atom is 0.226 e. The standard InChI is InChI=1S/C12H24N2O2/c1-4-16-11-5-7-14(8-6-11)12(15)9(2)10(3)13/h9-11H,4-8,13H2,1-3H3. The third-order valence-corrected chi connectivity index (χ3v) is 3.33. The monoisotopic (exact) mass is 228 g/mol. The lowest BCUT2D eigenvalue weighted by molar-refractivity contribution is -0.138. The molecule has 1 amide bonds. The number of nitrogens with zero attached hydrogens (tertiary/aromatic N) is 1. The third-order valence-electron chi connectivity index (χ3n) is 3.33. The molecule has 2 N–H and O–H groups in total. The first kappa shape index (κ1) is 13.5. The number of amides is 1. The fourth-order valence-corrected chi connectivity index (χ4v) is 1.99. The van der Waals surface area contributed by atoms with Crippen molar-refractivity contribution in [2.24, 2.45) is 11.7 Å². The molecule has 4 heteroatoms. The molecule has 0 saturated carbocycles. The Labute approximate surface area is 98.1 Å². The van der Waals surface area contributed by atoms with Gasteiger partial charge in [0.05, 0.1) is 12.0 Å². The van der Waals surface area contributed by atoms with Gasteiger partial charge in [0.1, 0.15) is 0 Å². The van der Waals surface area contributed by atoms with E-state index in [1.807, 2.05) is 25.7 Å². The Hall–Kier alpha value is -0.610. The normalized spacial score (nSPS) is 21.9. The minimum Gasteiger partial charge on any atom is -0.378 e. The fraction of sp³-hybridized carbons (Fsp3) is 0.917. The van der Waals surface area contributed by atoms with E-state index < -0.39 is 0 Å². The van der Waals surface area contributed by atoms with Gasteiger partial charge in [0.25, 0.3) is 0 Å². The summed E-state index contributed by atoms with van der Waals surface area (Å²) in [4.78, 5) is 13.9. The fourth-order valence-electron chi connectivity index (χ4n) is 1.99. The van der Waals surface area contributed by atoms with Crippen LogP contribution in [0, 0.1) is 5.92 Å². The van der Waals surface area contributed by atoms with Gasteiger partial charge in [-0.05, 0) is 26.7 Å². The van der Waals surface area contributed by atoms with Gasteiger partial charge in [0, 0.05) is 25.7 Å². The quantitative estimate of drug-likeness (QED) is 0.781. The maximum absolute atomic E-state index is 12.0. The van der Waals surface area contributed by atoms with Crippen molar-refractivity contribution in [2.45, 2.75) is 45.8 Å². The Morgan fingerprint density at radius 1 is 1.44 bits per heavy atom. The Balaban J connectivity index is 2.38. The zero-order valence-electron chi connectivity index (χ0n) is 10.6. The summed E-state index contributed by atoms with van der Waals surface area (Å²) in [6.07, 6.45) is 2.23. The molecule has 16 heavy (non-hydrogen) atoms. The van der Waals surface area contributed by atoms with E-state index in [1.54, 1.807) is 0 Å². The summed E-state index contributed by atoms with van der Waals surface area (Å²) in [6.45, 7) is 8.17. The molecule has 0 spiro atoms. The van der Waals surface area contributed by atoms with Crippen LogP contribution in [-0.4, -0.2) is 42.6 Å². The van der Waals surface area contributed by atoms with Crippen molar-refractivity contribution in [3.63, 3.8) is 0 Å². The van der Waals surface area contributed by atoms with E-state index in [4.69, 9.17) is 10.5 Å². The predicted molar refractivity (Wildman–Crippen MR) is 64.0 cm³/mol. The molecule has 2 unspecified atom stereocenters. The van der Waals surface area contributed by atoms with Crippen LogP contribution in [0.4, 0.5) is 0 Å². The van der Waals surface area contributed by atoms with Crippen molar-refractivity contribution in [2.75, 3.05) is 19.7 Å². The Morgan fingerprint density at radius 3 is 2.44 bits per heavy atom. The SMILES string of the molecule is CCOC1CCN(C(=O)C(C)C(C)N)CC1. The molecule has 0 aromatic carbocycles. The van der Waals surface area contributed by atoms with Gasteiger partial charge >= 0.3 is 0 Å². The summed E-state index contributed by atoms with van der Waals surface area (Å²) in [5, 5.41) is 0. The Kier molecular flexibility index (Phi) is 5.22. The lowest BCUT2D eigenvalue weighted by atomic mass is 10.0. The summed E-state index contributed by atoms with van der Waals surface area (Å²) in [6, 6.07) is -0.0721. The smallest absolute Gasteiger partial charge is 0.226 e. The largest absolute Gasteiger partial charge is 0.378 e. The number of nitrogens with two attached hydrogens (primary N) is 1. The molecule has 0 radical (unpaired) electrons. The van der Waals surface area contributed by atoms with Crippen LogP contribution in [0.3, 0.4) is 0 Å². The van der Waals surface area contributed by atoms with Gasteiger partial charge in [0.15, 0.2) is 0 Å². The van der Waals surface area contributed by atoms with Gasteiger partial charge in [-0.1, -0.05) is 6.92 Å². The maximum atomic E-state index is 12.0. The van der Waals surface area contributed by atoms with Crippen molar-refractivity contribution in [1.82, 2.24) is 4.90 Å². The highest BCUT2D eigenvalue weighted by Crippen LogP contribution is 2.16. The minimum absolute atomic E-state index is 0.0721. The van der Waals surface area contributed by atoms with Crippen molar-refractivity contribution in [3.05, 3.63) is 0 Å². The van der Waals surface area contributed by atoms with Crippen LogP contribution in [0.2, 0.25) is 0 Å². The van der Waals surface area contributed by atoms with E-state index in [2.05, 4.69) is 0 Å². The number of carbonyl (C=O) groups is 1. The molecule has 1 heterocycles. The van der Waals surface area contributed by atoms with Gasteiger partial charge in [-0.3, -0.25) is 4.79 Å². The van der Waals surface area contributed by atoms with E-state index in [-0.39, 0.29) is 17.9 Å². The van der Waals surface area contributed by atoms with E-state index in [0.717, 1.165) is 32.5 Å². The molecule has 0 aromatic heterocycles. The van der Waals surface area contributed by atoms with Gasteiger partial charge in [-0.25, -0.2) is 0 Å². The summed E-state index contributed by atoms with van der Waals surface area (Å²) in [7, 11) is 0. The Bertz CT molecular complexity index is 223. The van der Waals surface area contributed by atoms with E-state index in [1.165, 1.54) is 0 Å². The van der Waals surface area contributed by atoms with Crippen LogP contribution in [-0.2, 0) is 9.53 Å². The van der Waals surface area contributed by atoms with E-state index in [0.29, 0.717) is 6.10 Å². The molecule has 1 aliphatic rings. The first-order valence-corrected chi connectivity index (χ1v) is 6.22. The number of carbonyl (C=O) groups excluding carboxylic acids is 1. The van der Waals surface area contributed by atoms with E-state index in [9.17, 15) is 4.79 Å². The average molecular weight is 228 g/mol. The second kappa shape index (κ2) is 6.21. The lowest BCUT2D eigenvalue weighted by Crippen LogP contribution is -2.46. The molecular formula is C12H24N2O2. The topological polar surface area (TPSA) is 55.6 Å².